The second-order valence-corrected chi connectivity index (χ2v) is 7.86. The normalized spacial score (nSPS) is 18.9. The Balaban J connectivity index is 1.78. The third-order valence-electron chi connectivity index (χ3n) is 6.17. The van der Waals surface area contributed by atoms with Crippen LogP contribution in [0.5, 0.6) is 17.2 Å². The Hall–Kier alpha value is -3.52. The minimum Gasteiger partial charge on any atom is -0.507 e. The van der Waals surface area contributed by atoms with Crippen molar-refractivity contribution >= 4 is 17.4 Å². The Labute approximate surface area is 193 Å². The maximum Gasteiger partial charge on any atom is 0.295 e. The second kappa shape index (κ2) is 9.54. The van der Waals surface area contributed by atoms with Crippen LogP contribution in [0.4, 0.5) is 0 Å². The number of likely N-dealkylation sites (N-methyl/N-ethyl adjacent to an activating group) is 1. The first-order chi connectivity index (χ1) is 16.0. The van der Waals surface area contributed by atoms with Gasteiger partial charge in [0.05, 0.1) is 18.7 Å². The van der Waals surface area contributed by atoms with E-state index in [9.17, 15) is 14.7 Å². The van der Waals surface area contributed by atoms with E-state index in [1.165, 1.54) is 0 Å². The number of aliphatic hydroxyl groups is 1. The van der Waals surface area contributed by atoms with Crippen LogP contribution in [0.15, 0.2) is 48.0 Å². The minimum absolute atomic E-state index is 0.0589. The number of likely N-dealkylation sites (tertiary alicyclic amines) is 1. The van der Waals surface area contributed by atoms with E-state index >= 15 is 0 Å². The number of hydrogen-bond acceptors (Lipinski definition) is 7. The number of aliphatic hydroxyl groups excluding tert-OH is 1. The highest BCUT2D eigenvalue weighted by molar-refractivity contribution is 6.46. The number of methoxy groups -OCH3 is 1. The van der Waals surface area contributed by atoms with E-state index in [4.69, 9.17) is 14.2 Å². The summed E-state index contributed by atoms with van der Waals surface area (Å²) >= 11 is 0. The first-order valence-corrected chi connectivity index (χ1v) is 11.0. The third kappa shape index (κ3) is 4.26. The van der Waals surface area contributed by atoms with Crippen LogP contribution in [0.3, 0.4) is 0 Å². The van der Waals surface area contributed by atoms with Gasteiger partial charge in [0.2, 0.25) is 6.79 Å². The first kappa shape index (κ1) is 22.7. The monoisotopic (exact) mass is 452 g/mol. The van der Waals surface area contributed by atoms with Gasteiger partial charge in [-0.3, -0.25) is 9.59 Å². The highest BCUT2D eigenvalue weighted by Crippen LogP contribution is 2.41. The van der Waals surface area contributed by atoms with Crippen molar-refractivity contribution < 1.29 is 28.9 Å². The summed E-state index contributed by atoms with van der Waals surface area (Å²) in [5, 5.41) is 11.2. The fourth-order valence-corrected chi connectivity index (χ4v) is 4.23. The van der Waals surface area contributed by atoms with E-state index in [0.29, 0.717) is 35.9 Å². The number of amides is 1. The molecule has 33 heavy (non-hydrogen) atoms. The standard InChI is InChI=1S/C25H28N2O6/c1-4-26(5-2)12-13-27-22(16-6-9-18(31-3)10-7-16)21(24(29)25(27)30)23(28)17-8-11-19-20(14-17)33-15-32-19/h6-11,14,22,28H,4-5,12-13,15H2,1-3H3/b23-21-. The van der Waals surface area contributed by atoms with Crippen LogP contribution in [0, 0.1) is 0 Å². The number of fused-ring (bicyclic) bond motifs is 1. The molecule has 2 aromatic carbocycles. The number of benzene rings is 2. The maximum absolute atomic E-state index is 13.2. The predicted octanol–water partition coefficient (Wildman–Crippen LogP) is 3.19. The lowest BCUT2D eigenvalue weighted by molar-refractivity contribution is -0.140. The Morgan fingerprint density at radius 1 is 1.09 bits per heavy atom. The topological polar surface area (TPSA) is 88.5 Å². The molecule has 1 N–H and O–H groups in total. The van der Waals surface area contributed by atoms with E-state index < -0.39 is 17.7 Å². The van der Waals surface area contributed by atoms with Gasteiger partial charge in [0.15, 0.2) is 11.5 Å². The van der Waals surface area contributed by atoms with Crippen LogP contribution in [0.25, 0.3) is 5.76 Å². The summed E-state index contributed by atoms with van der Waals surface area (Å²) in [5.74, 6) is 0.150. The molecular formula is C25H28N2O6. The summed E-state index contributed by atoms with van der Waals surface area (Å²) < 4.78 is 16.0. The van der Waals surface area contributed by atoms with Crippen molar-refractivity contribution in [1.82, 2.24) is 9.80 Å². The van der Waals surface area contributed by atoms with Crippen LogP contribution in [0.1, 0.15) is 31.0 Å². The van der Waals surface area contributed by atoms with Crippen molar-refractivity contribution in [2.24, 2.45) is 0 Å². The van der Waals surface area contributed by atoms with E-state index in [0.717, 1.165) is 18.7 Å². The van der Waals surface area contributed by atoms with Gasteiger partial charge < -0.3 is 29.1 Å². The van der Waals surface area contributed by atoms with Gasteiger partial charge in [-0.25, -0.2) is 0 Å². The molecule has 1 unspecified atom stereocenters. The largest absolute Gasteiger partial charge is 0.507 e. The molecule has 8 nitrogen and oxygen atoms in total. The zero-order chi connectivity index (χ0) is 23.5. The molecule has 1 saturated heterocycles. The lowest BCUT2D eigenvalue weighted by Crippen LogP contribution is -2.38. The summed E-state index contributed by atoms with van der Waals surface area (Å²) in [6.45, 7) is 6.87. The molecule has 2 aliphatic heterocycles. The molecule has 8 heteroatoms. The second-order valence-electron chi connectivity index (χ2n) is 7.86. The Morgan fingerprint density at radius 2 is 1.79 bits per heavy atom. The number of Topliss-reactive ketones (excluding diaryl/α,β-unsaturated/α-hetero) is 1. The lowest BCUT2D eigenvalue weighted by atomic mass is 9.95. The van der Waals surface area contributed by atoms with Crippen molar-refractivity contribution in [3.8, 4) is 17.2 Å². The molecule has 0 aromatic heterocycles. The Kier molecular flexibility index (Phi) is 6.55. The quantitative estimate of drug-likeness (QED) is 0.374. The van der Waals surface area contributed by atoms with Crippen LogP contribution in [-0.4, -0.2) is 66.7 Å². The van der Waals surface area contributed by atoms with E-state index in [1.54, 1.807) is 42.3 Å². The van der Waals surface area contributed by atoms with Crippen molar-refractivity contribution in [3.05, 3.63) is 59.2 Å². The van der Waals surface area contributed by atoms with Crippen LogP contribution < -0.4 is 14.2 Å². The number of ether oxygens (including phenoxy) is 3. The van der Waals surface area contributed by atoms with Crippen LogP contribution in [-0.2, 0) is 9.59 Å². The fourth-order valence-electron chi connectivity index (χ4n) is 4.23. The van der Waals surface area contributed by atoms with E-state index in [-0.39, 0.29) is 18.1 Å². The molecule has 0 spiro atoms. The minimum atomic E-state index is -0.711. The van der Waals surface area contributed by atoms with Gasteiger partial charge in [0.25, 0.3) is 11.7 Å². The molecule has 0 bridgehead atoms. The van der Waals surface area contributed by atoms with Crippen molar-refractivity contribution in [1.29, 1.82) is 0 Å². The van der Waals surface area contributed by atoms with Crippen LogP contribution in [0.2, 0.25) is 0 Å². The Morgan fingerprint density at radius 3 is 2.45 bits per heavy atom. The number of carbonyl (C=O) groups excluding carboxylic acids is 2. The van der Waals surface area contributed by atoms with Gasteiger partial charge in [-0.1, -0.05) is 26.0 Å². The Bertz CT molecular complexity index is 1070. The first-order valence-electron chi connectivity index (χ1n) is 11.0. The number of ketones is 1. The molecule has 2 aliphatic rings. The SMILES string of the molecule is CCN(CC)CCN1C(=O)C(=O)/C(=C(\O)c2ccc3c(c2)OCO3)C1c1ccc(OC)cc1. The average Bonchev–Trinajstić information content (AvgIpc) is 3.41. The fraction of sp³-hybridized carbons (Fsp3) is 0.360. The van der Waals surface area contributed by atoms with Gasteiger partial charge >= 0.3 is 0 Å². The van der Waals surface area contributed by atoms with E-state index in [2.05, 4.69) is 18.7 Å². The zero-order valence-electron chi connectivity index (χ0n) is 19.0. The number of carbonyl (C=O) groups is 2. The summed E-state index contributed by atoms with van der Waals surface area (Å²) in [7, 11) is 1.57. The number of hydrogen-bond donors (Lipinski definition) is 1. The number of nitrogens with zero attached hydrogens (tertiary/aromatic N) is 2. The van der Waals surface area contributed by atoms with Gasteiger partial charge in [-0.15, -0.1) is 0 Å². The third-order valence-corrected chi connectivity index (χ3v) is 6.17. The smallest absolute Gasteiger partial charge is 0.295 e. The molecule has 4 rings (SSSR count). The molecule has 1 fully saturated rings. The van der Waals surface area contributed by atoms with Crippen molar-refractivity contribution in [3.63, 3.8) is 0 Å². The molecule has 0 radical (unpaired) electrons. The molecule has 2 heterocycles. The summed E-state index contributed by atoms with van der Waals surface area (Å²) in [6.07, 6.45) is 0. The molecular weight excluding hydrogens is 424 g/mol. The summed E-state index contributed by atoms with van der Waals surface area (Å²) in [4.78, 5) is 30.0. The molecule has 1 atom stereocenters. The van der Waals surface area contributed by atoms with Crippen molar-refractivity contribution in [2.75, 3.05) is 40.1 Å². The molecule has 174 valence electrons. The molecule has 2 aromatic rings. The molecule has 1 amide bonds. The van der Waals surface area contributed by atoms with Crippen molar-refractivity contribution in [2.45, 2.75) is 19.9 Å². The predicted molar refractivity (Wildman–Crippen MR) is 122 cm³/mol. The molecule has 0 aliphatic carbocycles. The maximum atomic E-state index is 13.2. The highest BCUT2D eigenvalue weighted by atomic mass is 16.7. The lowest BCUT2D eigenvalue weighted by Gasteiger charge is -2.28. The van der Waals surface area contributed by atoms with E-state index in [1.807, 2.05) is 12.1 Å². The van der Waals surface area contributed by atoms with Gasteiger partial charge in [-0.2, -0.15) is 0 Å². The van der Waals surface area contributed by atoms with Crippen LogP contribution >= 0.6 is 0 Å². The highest BCUT2D eigenvalue weighted by Gasteiger charge is 2.46. The van der Waals surface area contributed by atoms with Gasteiger partial charge in [-0.05, 0) is 49.0 Å². The molecule has 0 saturated carbocycles. The number of rotatable bonds is 8. The van der Waals surface area contributed by atoms with Gasteiger partial charge in [0, 0.05) is 18.7 Å². The zero-order valence-corrected chi connectivity index (χ0v) is 19.0. The summed E-state index contributed by atoms with van der Waals surface area (Å²) in [6, 6.07) is 11.4. The average molecular weight is 453 g/mol. The van der Waals surface area contributed by atoms with Gasteiger partial charge in [0.1, 0.15) is 11.5 Å². The summed E-state index contributed by atoms with van der Waals surface area (Å²) in [5.41, 5.74) is 1.17.